The maximum Gasteiger partial charge on any atom is 0.246 e. The van der Waals surface area contributed by atoms with Gasteiger partial charge in [-0.05, 0) is 61.9 Å². The second-order valence-corrected chi connectivity index (χ2v) is 12.4. The second kappa shape index (κ2) is 13.0. The summed E-state index contributed by atoms with van der Waals surface area (Å²) in [7, 11) is 1.60. The number of aliphatic hydroxyl groups is 1. The lowest BCUT2D eigenvalue weighted by molar-refractivity contribution is -0.163. The van der Waals surface area contributed by atoms with Crippen molar-refractivity contribution in [3.63, 3.8) is 0 Å². The number of piperazine rings is 1. The van der Waals surface area contributed by atoms with Crippen molar-refractivity contribution in [3.8, 4) is 5.75 Å². The molecule has 3 fully saturated rings. The number of carbonyl (C=O) groups is 3. The minimum atomic E-state index is -0.870. The zero-order valence-electron chi connectivity index (χ0n) is 25.1. The van der Waals surface area contributed by atoms with Gasteiger partial charge in [0.25, 0.3) is 0 Å². The number of piperidine rings is 1. The minimum Gasteiger partial charge on any atom is -0.497 e. The van der Waals surface area contributed by atoms with Crippen LogP contribution in [-0.4, -0.2) is 76.4 Å². The summed E-state index contributed by atoms with van der Waals surface area (Å²) in [5.74, 6) is 0.584. The van der Waals surface area contributed by atoms with Crippen molar-refractivity contribution in [2.45, 2.75) is 94.9 Å². The van der Waals surface area contributed by atoms with Crippen LogP contribution in [0.2, 0.25) is 0 Å². The van der Waals surface area contributed by atoms with E-state index in [0.29, 0.717) is 75.2 Å². The Morgan fingerprint density at radius 1 is 0.952 bits per heavy atom. The van der Waals surface area contributed by atoms with E-state index < -0.39 is 17.2 Å². The van der Waals surface area contributed by atoms with Crippen molar-refractivity contribution in [2.24, 2.45) is 0 Å². The number of unbranched alkanes of at least 4 members (excludes halogenated alkanes) is 1. The van der Waals surface area contributed by atoms with Crippen LogP contribution in [0.25, 0.3) is 0 Å². The summed E-state index contributed by atoms with van der Waals surface area (Å²) in [5, 5.41) is 14.2. The van der Waals surface area contributed by atoms with Gasteiger partial charge in [-0.1, -0.05) is 56.9 Å². The van der Waals surface area contributed by atoms with Crippen LogP contribution in [0.15, 0.2) is 48.5 Å². The Kier molecular flexibility index (Phi) is 9.33. The summed E-state index contributed by atoms with van der Waals surface area (Å²) in [6.07, 6.45) is 7.69. The van der Waals surface area contributed by atoms with Crippen LogP contribution in [0, 0.1) is 0 Å². The maximum absolute atomic E-state index is 13.8. The molecule has 5 rings (SSSR count). The van der Waals surface area contributed by atoms with E-state index >= 15 is 0 Å². The van der Waals surface area contributed by atoms with Crippen molar-refractivity contribution < 1.29 is 24.2 Å². The smallest absolute Gasteiger partial charge is 0.246 e. The Morgan fingerprint density at radius 3 is 2.17 bits per heavy atom. The van der Waals surface area contributed by atoms with Gasteiger partial charge in [0, 0.05) is 43.7 Å². The summed E-state index contributed by atoms with van der Waals surface area (Å²) in [5.41, 5.74) is 0.657. The Morgan fingerprint density at radius 2 is 1.57 bits per heavy atom. The Balaban J connectivity index is 1.22. The van der Waals surface area contributed by atoms with Crippen LogP contribution in [0.3, 0.4) is 0 Å². The number of ketones is 1. The monoisotopic (exact) mass is 575 g/mol. The molecule has 1 atom stereocenters. The fourth-order valence-electron chi connectivity index (χ4n) is 6.96. The summed E-state index contributed by atoms with van der Waals surface area (Å²) in [6, 6.07) is 14.2. The highest BCUT2D eigenvalue weighted by atomic mass is 16.5. The fraction of sp³-hybridized carbons (Fsp3) is 0.559. The third kappa shape index (κ3) is 6.40. The quantitative estimate of drug-likeness (QED) is 0.406. The molecule has 2 N–H and O–H groups in total. The van der Waals surface area contributed by atoms with Crippen LogP contribution < -0.4 is 10.1 Å². The van der Waals surface area contributed by atoms with Crippen molar-refractivity contribution in [3.05, 3.63) is 65.2 Å². The molecular weight excluding hydrogens is 530 g/mol. The van der Waals surface area contributed by atoms with Crippen LogP contribution in [0.5, 0.6) is 5.75 Å². The largest absolute Gasteiger partial charge is 0.497 e. The van der Waals surface area contributed by atoms with Gasteiger partial charge >= 0.3 is 0 Å². The molecule has 2 aromatic carbocycles. The molecule has 0 radical (unpaired) electrons. The van der Waals surface area contributed by atoms with Gasteiger partial charge in [0.2, 0.25) is 11.8 Å². The Hall–Kier alpha value is -3.23. The van der Waals surface area contributed by atoms with E-state index in [4.69, 9.17) is 4.74 Å². The van der Waals surface area contributed by atoms with E-state index in [2.05, 4.69) is 17.1 Å². The number of nitrogens with one attached hydrogen (secondary N) is 1. The minimum absolute atomic E-state index is 0.0295. The number of rotatable bonds is 10. The number of benzene rings is 2. The highest BCUT2D eigenvalue weighted by Crippen LogP contribution is 2.37. The number of nitrogens with zero attached hydrogens (tertiary/aromatic N) is 2. The summed E-state index contributed by atoms with van der Waals surface area (Å²) < 4.78 is 5.18. The molecule has 2 amide bonds. The highest BCUT2D eigenvalue weighted by molar-refractivity contribution is 6.09. The van der Waals surface area contributed by atoms with E-state index in [0.717, 1.165) is 37.7 Å². The molecule has 3 aliphatic rings. The lowest BCUT2D eigenvalue weighted by atomic mass is 9.77. The number of hydrogen-bond acceptors (Lipinski definition) is 6. The van der Waals surface area contributed by atoms with Crippen molar-refractivity contribution >= 4 is 17.6 Å². The standard InChI is InChI=1S/C34H45N3O5/c1-3-4-20-37-31(39)29(23-33(41)16-6-5-7-17-33)35-32(40)34(37)18-21-36(22-19-34)24-25-8-10-26(11-9-25)30(38)27-12-14-28(42-2)15-13-27/h8-15,29,41H,3-7,16-24H2,1-2H3,(H,35,40)/t29-/m1/s1. The molecule has 0 unspecified atom stereocenters. The van der Waals surface area contributed by atoms with E-state index in [1.807, 2.05) is 29.2 Å². The van der Waals surface area contributed by atoms with Crippen molar-refractivity contribution in [1.29, 1.82) is 0 Å². The van der Waals surface area contributed by atoms with E-state index in [1.54, 1.807) is 31.4 Å². The number of ether oxygens (including phenoxy) is 1. The first-order valence-corrected chi connectivity index (χ1v) is 15.6. The number of hydrogen-bond donors (Lipinski definition) is 2. The molecule has 2 heterocycles. The molecule has 2 aliphatic heterocycles. The predicted molar refractivity (Wildman–Crippen MR) is 161 cm³/mol. The molecule has 1 aliphatic carbocycles. The van der Waals surface area contributed by atoms with Crippen molar-refractivity contribution in [2.75, 3.05) is 26.7 Å². The lowest BCUT2D eigenvalue weighted by Gasteiger charge is -2.52. The zero-order valence-corrected chi connectivity index (χ0v) is 25.1. The normalized spacial score (nSPS) is 22.2. The molecular formula is C34H45N3O5. The first kappa shape index (κ1) is 30.2. The maximum atomic E-state index is 13.8. The molecule has 2 saturated heterocycles. The number of likely N-dealkylation sites (tertiary alicyclic amines) is 1. The number of methoxy groups -OCH3 is 1. The van der Waals surface area contributed by atoms with Gasteiger partial charge in [-0.2, -0.15) is 0 Å². The van der Waals surface area contributed by atoms with E-state index in [-0.39, 0.29) is 17.6 Å². The van der Waals surface area contributed by atoms with Gasteiger partial charge < -0.3 is 20.1 Å². The zero-order chi connectivity index (χ0) is 29.7. The van der Waals surface area contributed by atoms with Crippen LogP contribution >= 0.6 is 0 Å². The molecule has 0 bridgehead atoms. The molecule has 8 heteroatoms. The molecule has 42 heavy (non-hydrogen) atoms. The number of amides is 2. The van der Waals surface area contributed by atoms with Gasteiger partial charge in [0.05, 0.1) is 12.7 Å². The second-order valence-electron chi connectivity index (χ2n) is 12.4. The van der Waals surface area contributed by atoms with E-state index in [1.165, 1.54) is 0 Å². The van der Waals surface area contributed by atoms with Crippen LogP contribution in [0.4, 0.5) is 0 Å². The van der Waals surface area contributed by atoms with Crippen molar-refractivity contribution in [1.82, 2.24) is 15.1 Å². The average Bonchev–Trinajstić information content (AvgIpc) is 3.01. The predicted octanol–water partition coefficient (Wildman–Crippen LogP) is 4.47. The SMILES string of the molecule is CCCCN1C(=O)[C@@H](CC2(O)CCCCC2)NC(=O)C12CCN(Cc1ccc(C(=O)c3ccc(OC)cc3)cc1)CC2. The third-order valence-corrected chi connectivity index (χ3v) is 9.57. The average molecular weight is 576 g/mol. The molecule has 0 aromatic heterocycles. The van der Waals surface area contributed by atoms with Gasteiger partial charge in [0.15, 0.2) is 5.78 Å². The highest BCUT2D eigenvalue weighted by Gasteiger charge is 2.54. The summed E-state index contributed by atoms with van der Waals surface area (Å²) >= 11 is 0. The molecule has 1 spiro atoms. The number of carbonyl (C=O) groups excluding carboxylic acids is 3. The summed E-state index contributed by atoms with van der Waals surface area (Å²) in [6.45, 7) is 4.78. The van der Waals surface area contributed by atoms with Gasteiger partial charge in [-0.25, -0.2) is 0 Å². The fourth-order valence-corrected chi connectivity index (χ4v) is 6.96. The Labute approximate surface area is 249 Å². The van der Waals surface area contributed by atoms with Gasteiger partial charge in [0.1, 0.15) is 17.3 Å². The topological polar surface area (TPSA) is 99.2 Å². The Bertz CT molecular complexity index is 1240. The van der Waals surface area contributed by atoms with Crippen LogP contribution in [0.1, 0.15) is 92.6 Å². The summed E-state index contributed by atoms with van der Waals surface area (Å²) in [4.78, 5) is 44.6. The third-order valence-electron chi connectivity index (χ3n) is 9.57. The lowest BCUT2D eigenvalue weighted by Crippen LogP contribution is -2.73. The van der Waals surface area contributed by atoms with Crippen LogP contribution in [-0.2, 0) is 16.1 Å². The first-order chi connectivity index (χ1) is 20.3. The molecule has 226 valence electrons. The molecule has 1 saturated carbocycles. The van der Waals surface area contributed by atoms with Gasteiger partial charge in [-0.3, -0.25) is 19.3 Å². The van der Waals surface area contributed by atoms with E-state index in [9.17, 15) is 19.5 Å². The molecule has 8 nitrogen and oxygen atoms in total. The molecule has 2 aromatic rings. The van der Waals surface area contributed by atoms with Gasteiger partial charge in [-0.15, -0.1) is 0 Å². The first-order valence-electron chi connectivity index (χ1n) is 15.6.